The normalized spacial score (nSPS) is 13.3. The van der Waals surface area contributed by atoms with Gasteiger partial charge in [0, 0.05) is 56.7 Å². The number of carbonyl (C=O) groups is 1. The second-order valence-corrected chi connectivity index (χ2v) is 12.1. The first-order valence-corrected chi connectivity index (χ1v) is 16.5. The molecular weight excluding hydrogens is 637 g/mol. The number of halogens is 2. The van der Waals surface area contributed by atoms with Crippen LogP contribution in [0.4, 0.5) is 33.5 Å². The van der Waals surface area contributed by atoms with E-state index in [4.69, 9.17) is 32.7 Å². The van der Waals surface area contributed by atoms with Crippen LogP contribution in [0.2, 0.25) is 10.0 Å². The Morgan fingerprint density at radius 2 is 1.55 bits per heavy atom. The van der Waals surface area contributed by atoms with Crippen molar-refractivity contribution in [1.29, 1.82) is 0 Å². The first kappa shape index (κ1) is 34.1. The molecule has 3 aromatic carbocycles. The first-order valence-electron chi connectivity index (χ1n) is 15.7. The molecule has 248 valence electrons. The third-order valence-corrected chi connectivity index (χ3v) is 9.02. The van der Waals surface area contributed by atoms with Gasteiger partial charge in [0.05, 0.1) is 19.9 Å². The highest BCUT2D eigenvalue weighted by Gasteiger charge is 2.22. The Balaban J connectivity index is 1.10. The van der Waals surface area contributed by atoms with E-state index >= 15 is 0 Å². The standard InChI is InChI=1S/C35H41Cl2N7O3/c1-42(35(45)41-34-32(36)28(46-2)22-29(47-3)33(34)37)31-23-30(38-24-39-31)40-26-13-15-27(16-14-26)44-20-18-43(19-21-44)17-9-5-8-12-25-10-6-4-7-11-25/h4,6-7,10-11,13-16,22-24H,5,8-9,12,17-21H2,1-3H3,(H,41,45)(H,38,39,40). The third kappa shape index (κ3) is 8.97. The number of nitrogens with zero attached hydrogens (tertiary/aromatic N) is 5. The second kappa shape index (κ2) is 16.5. The summed E-state index contributed by atoms with van der Waals surface area (Å²) in [4.78, 5) is 28.1. The predicted octanol–water partition coefficient (Wildman–Crippen LogP) is 7.75. The lowest BCUT2D eigenvalue weighted by molar-refractivity contribution is 0.252. The first-order chi connectivity index (χ1) is 22.9. The number of urea groups is 1. The van der Waals surface area contributed by atoms with E-state index in [1.807, 2.05) is 12.1 Å². The molecule has 12 heteroatoms. The summed E-state index contributed by atoms with van der Waals surface area (Å²) < 4.78 is 10.6. The van der Waals surface area contributed by atoms with Gasteiger partial charge in [-0.3, -0.25) is 9.80 Å². The molecule has 0 spiro atoms. The van der Waals surface area contributed by atoms with Crippen LogP contribution in [0.5, 0.6) is 11.5 Å². The maximum Gasteiger partial charge on any atom is 0.327 e. The van der Waals surface area contributed by atoms with Crippen LogP contribution in [-0.2, 0) is 6.42 Å². The molecule has 1 aliphatic heterocycles. The van der Waals surface area contributed by atoms with Crippen LogP contribution in [0, 0.1) is 0 Å². The van der Waals surface area contributed by atoms with Gasteiger partial charge in [0.25, 0.3) is 0 Å². The molecule has 2 heterocycles. The fourth-order valence-corrected chi connectivity index (χ4v) is 6.10. The number of carbonyl (C=O) groups excluding carboxylic acids is 1. The number of rotatable bonds is 13. The molecule has 47 heavy (non-hydrogen) atoms. The average Bonchev–Trinajstić information content (AvgIpc) is 3.11. The number of amides is 2. The summed E-state index contributed by atoms with van der Waals surface area (Å²) in [5, 5.41) is 6.34. The summed E-state index contributed by atoms with van der Waals surface area (Å²) in [5.41, 5.74) is 3.68. The highest BCUT2D eigenvalue weighted by molar-refractivity contribution is 6.41. The third-order valence-electron chi connectivity index (χ3n) is 8.27. The van der Waals surface area contributed by atoms with Gasteiger partial charge in [-0.05, 0) is 55.6 Å². The van der Waals surface area contributed by atoms with Crippen LogP contribution in [0.25, 0.3) is 0 Å². The lowest BCUT2D eigenvalue weighted by Crippen LogP contribution is -2.46. The molecule has 0 saturated carbocycles. The molecule has 1 saturated heterocycles. The van der Waals surface area contributed by atoms with Crippen LogP contribution in [0.1, 0.15) is 24.8 Å². The van der Waals surface area contributed by atoms with Crippen molar-refractivity contribution in [2.45, 2.75) is 25.7 Å². The fourth-order valence-electron chi connectivity index (χ4n) is 5.51. The SMILES string of the molecule is COc1cc(OC)c(Cl)c(NC(=O)N(C)c2cc(Nc3ccc(N4CCN(CCCCCc5ccccc5)CC4)cc3)ncn2)c1Cl. The van der Waals surface area contributed by atoms with Crippen molar-refractivity contribution in [3.05, 3.63) is 88.7 Å². The van der Waals surface area contributed by atoms with E-state index in [2.05, 4.69) is 72.9 Å². The van der Waals surface area contributed by atoms with Crippen molar-refractivity contribution < 1.29 is 14.3 Å². The van der Waals surface area contributed by atoms with Gasteiger partial charge in [-0.25, -0.2) is 14.8 Å². The smallest absolute Gasteiger partial charge is 0.327 e. The van der Waals surface area contributed by atoms with Crippen molar-refractivity contribution >= 4 is 57.9 Å². The number of ether oxygens (including phenoxy) is 2. The molecule has 1 aromatic heterocycles. The maximum absolute atomic E-state index is 13.1. The van der Waals surface area contributed by atoms with E-state index in [1.54, 1.807) is 19.2 Å². The Morgan fingerprint density at radius 1 is 0.872 bits per heavy atom. The number of aryl methyl sites for hydroxylation is 1. The zero-order valence-corrected chi connectivity index (χ0v) is 28.5. The summed E-state index contributed by atoms with van der Waals surface area (Å²) in [6.07, 6.45) is 6.33. The zero-order chi connectivity index (χ0) is 33.2. The van der Waals surface area contributed by atoms with Crippen molar-refractivity contribution in [2.24, 2.45) is 0 Å². The molecule has 0 atom stereocenters. The molecule has 0 radical (unpaired) electrons. The van der Waals surface area contributed by atoms with E-state index in [0.29, 0.717) is 23.1 Å². The van der Waals surface area contributed by atoms with Gasteiger partial charge < -0.3 is 25.0 Å². The molecule has 2 N–H and O–H groups in total. The van der Waals surface area contributed by atoms with Crippen LogP contribution >= 0.6 is 23.2 Å². The predicted molar refractivity (Wildman–Crippen MR) is 191 cm³/mol. The largest absolute Gasteiger partial charge is 0.495 e. The van der Waals surface area contributed by atoms with E-state index in [-0.39, 0.29) is 15.7 Å². The highest BCUT2D eigenvalue weighted by atomic mass is 35.5. The number of piperazine rings is 1. The lowest BCUT2D eigenvalue weighted by atomic mass is 10.1. The van der Waals surface area contributed by atoms with E-state index in [0.717, 1.165) is 31.9 Å². The number of hydrogen-bond donors (Lipinski definition) is 2. The summed E-state index contributed by atoms with van der Waals surface area (Å²) in [6.45, 7) is 5.35. The number of nitrogens with one attached hydrogen (secondary N) is 2. The van der Waals surface area contributed by atoms with Gasteiger partial charge in [0.15, 0.2) is 0 Å². The maximum atomic E-state index is 13.1. The number of hydrogen-bond acceptors (Lipinski definition) is 8. The van der Waals surface area contributed by atoms with Gasteiger partial charge in [-0.1, -0.05) is 60.0 Å². The molecule has 0 bridgehead atoms. The van der Waals surface area contributed by atoms with Crippen LogP contribution < -0.4 is 29.9 Å². The summed E-state index contributed by atoms with van der Waals surface area (Å²) in [6, 6.07) is 21.8. The van der Waals surface area contributed by atoms with Gasteiger partial charge in [0.1, 0.15) is 39.5 Å². The number of benzene rings is 3. The monoisotopic (exact) mass is 677 g/mol. The number of methoxy groups -OCH3 is 2. The minimum absolute atomic E-state index is 0.153. The quantitative estimate of drug-likeness (QED) is 0.139. The van der Waals surface area contributed by atoms with E-state index < -0.39 is 6.03 Å². The van der Waals surface area contributed by atoms with Crippen molar-refractivity contribution in [3.63, 3.8) is 0 Å². The molecule has 1 fully saturated rings. The highest BCUT2D eigenvalue weighted by Crippen LogP contribution is 2.44. The molecule has 10 nitrogen and oxygen atoms in total. The molecular formula is C35H41Cl2N7O3. The number of unbranched alkanes of at least 4 members (excludes halogenated alkanes) is 2. The Bertz CT molecular complexity index is 1590. The molecule has 5 rings (SSSR count). The van der Waals surface area contributed by atoms with Crippen molar-refractivity contribution in [1.82, 2.24) is 14.9 Å². The summed E-state index contributed by atoms with van der Waals surface area (Å²) >= 11 is 12.9. The van der Waals surface area contributed by atoms with E-state index in [9.17, 15) is 4.79 Å². The van der Waals surface area contributed by atoms with Gasteiger partial charge in [-0.15, -0.1) is 0 Å². The van der Waals surface area contributed by atoms with E-state index in [1.165, 1.54) is 68.9 Å². The number of anilines is 5. The summed E-state index contributed by atoms with van der Waals surface area (Å²) in [7, 11) is 4.52. The van der Waals surface area contributed by atoms with Gasteiger partial charge >= 0.3 is 6.03 Å². The van der Waals surface area contributed by atoms with Crippen LogP contribution in [0.15, 0.2) is 73.1 Å². The fraction of sp³-hybridized carbons (Fsp3) is 0.343. The lowest BCUT2D eigenvalue weighted by Gasteiger charge is -2.36. The van der Waals surface area contributed by atoms with Crippen LogP contribution in [-0.4, -0.2) is 74.9 Å². The van der Waals surface area contributed by atoms with Crippen LogP contribution in [0.3, 0.4) is 0 Å². The minimum Gasteiger partial charge on any atom is -0.495 e. The molecule has 2 amide bonds. The summed E-state index contributed by atoms with van der Waals surface area (Å²) in [5.74, 6) is 1.54. The number of aromatic nitrogens is 2. The van der Waals surface area contributed by atoms with Gasteiger partial charge in [-0.2, -0.15) is 0 Å². The Morgan fingerprint density at radius 3 is 2.21 bits per heavy atom. The van der Waals surface area contributed by atoms with Gasteiger partial charge in [0.2, 0.25) is 0 Å². The Labute approximate surface area is 286 Å². The topological polar surface area (TPSA) is 95.1 Å². The zero-order valence-electron chi connectivity index (χ0n) is 27.0. The molecule has 0 aliphatic carbocycles. The molecule has 0 unspecified atom stereocenters. The van der Waals surface area contributed by atoms with Crippen molar-refractivity contribution in [2.75, 3.05) is 74.4 Å². The Hall–Kier alpha value is -4.25. The Kier molecular flexibility index (Phi) is 12.0. The molecule has 1 aliphatic rings. The minimum atomic E-state index is -0.513. The van der Waals surface area contributed by atoms with Crippen molar-refractivity contribution in [3.8, 4) is 11.5 Å². The second-order valence-electron chi connectivity index (χ2n) is 11.3. The molecule has 4 aromatic rings. The average molecular weight is 679 g/mol.